The zero-order valence-corrected chi connectivity index (χ0v) is 32.3. The molecule has 8 aromatic carbocycles. The normalized spacial score (nSPS) is 12.1. The van der Waals surface area contributed by atoms with E-state index in [-0.39, 0.29) is 0 Å². The summed E-state index contributed by atoms with van der Waals surface area (Å²) in [5.41, 5.74) is 7.85. The number of thiophene rings is 2. The maximum absolute atomic E-state index is 6.68. The molecule has 0 bridgehead atoms. The van der Waals surface area contributed by atoms with Crippen LogP contribution in [0.25, 0.3) is 124 Å². The third kappa shape index (κ3) is 4.60. The molecule has 0 N–H and O–H groups in total. The molecule has 0 saturated heterocycles. The van der Waals surface area contributed by atoms with Crippen LogP contribution in [0.2, 0.25) is 0 Å². The van der Waals surface area contributed by atoms with E-state index < -0.39 is 0 Å². The summed E-state index contributed by atoms with van der Waals surface area (Å²) in [6, 6.07) is 59.9. The second-order valence-electron chi connectivity index (χ2n) is 14.7. The number of para-hydroxylation sites is 2. The van der Waals surface area contributed by atoms with Crippen LogP contribution >= 0.6 is 22.7 Å². The zero-order valence-electron chi connectivity index (χ0n) is 30.7. The van der Waals surface area contributed by atoms with Crippen molar-refractivity contribution in [2.45, 2.75) is 0 Å². The summed E-state index contributed by atoms with van der Waals surface area (Å²) in [5.74, 6) is 1.91. The number of fused-ring (bicyclic) bond motifs is 14. The van der Waals surface area contributed by atoms with Crippen LogP contribution < -0.4 is 0 Å². The lowest BCUT2D eigenvalue weighted by molar-refractivity contribution is 0.673. The Kier molecular flexibility index (Phi) is 6.70. The number of benzene rings is 8. The first-order chi connectivity index (χ1) is 28.7. The summed E-state index contributed by atoms with van der Waals surface area (Å²) < 4.78 is 14.0. The Hall–Kier alpha value is -7.19. The number of hydrogen-bond donors (Lipinski definition) is 0. The first-order valence-electron chi connectivity index (χ1n) is 19.3. The van der Waals surface area contributed by atoms with Gasteiger partial charge in [-0.15, -0.1) is 22.7 Å². The summed E-state index contributed by atoms with van der Waals surface area (Å²) in [4.78, 5) is 15.7. The fraction of sp³-hybridized carbons (Fsp3) is 0. The summed E-state index contributed by atoms with van der Waals surface area (Å²) in [7, 11) is 0. The van der Waals surface area contributed by atoms with E-state index in [4.69, 9.17) is 19.4 Å². The maximum atomic E-state index is 6.68. The molecule has 0 aliphatic heterocycles. The van der Waals surface area contributed by atoms with Gasteiger partial charge >= 0.3 is 0 Å². The number of hydrogen-bond acceptors (Lipinski definition) is 6. The van der Waals surface area contributed by atoms with E-state index >= 15 is 0 Å². The Balaban J connectivity index is 1.19. The summed E-state index contributed by atoms with van der Waals surface area (Å²) in [6.45, 7) is 0. The Bertz CT molecular complexity index is 3740. The molecule has 5 aromatic heterocycles. The Labute approximate surface area is 338 Å². The third-order valence-electron chi connectivity index (χ3n) is 11.4. The smallest absolute Gasteiger partial charge is 0.165 e. The van der Waals surface area contributed by atoms with E-state index in [1.165, 1.54) is 35.6 Å². The number of nitrogens with zero attached hydrogens (tertiary/aromatic N) is 4. The topological polar surface area (TPSA) is 56.7 Å². The molecule has 0 radical (unpaired) electrons. The van der Waals surface area contributed by atoms with Gasteiger partial charge < -0.3 is 8.98 Å². The standard InChI is InChI=1S/C51H28N4OS2/c1-3-13-29(14-4-1)49-52-50(30-15-5-2-6-16-30)54-51(53-49)37-28-31(27-36-46-43(58-48(36)37)26-25-42-45(46)35-19-9-12-22-41(35)57-42)55-38-20-10-7-18-34(38)44-39(55)24-23-33-32-17-8-11-21-40(32)56-47(33)44/h1-28H. The first-order valence-corrected chi connectivity index (χ1v) is 20.9. The van der Waals surface area contributed by atoms with E-state index in [0.717, 1.165) is 70.8 Å². The van der Waals surface area contributed by atoms with Gasteiger partial charge in [-0.25, -0.2) is 15.0 Å². The molecular formula is C51H28N4OS2. The molecule has 0 atom stereocenters. The van der Waals surface area contributed by atoms with Crippen LogP contribution in [0.5, 0.6) is 0 Å². The fourth-order valence-corrected chi connectivity index (χ4v) is 11.2. The molecule has 58 heavy (non-hydrogen) atoms. The van der Waals surface area contributed by atoms with Gasteiger partial charge in [-0.3, -0.25) is 0 Å². The SMILES string of the molecule is c1ccc(-c2nc(-c3ccccc3)nc(-c3cc(-n4c5ccccc5c5c6oc7ccccc7c6ccc54)cc4c3sc3ccc5sc6ccccc6c5c34)n2)cc1. The summed E-state index contributed by atoms with van der Waals surface area (Å²) >= 11 is 3.66. The lowest BCUT2D eigenvalue weighted by Gasteiger charge is -2.13. The lowest BCUT2D eigenvalue weighted by atomic mass is 10.0. The van der Waals surface area contributed by atoms with Crippen molar-refractivity contribution in [1.82, 2.24) is 19.5 Å². The second kappa shape index (κ2) is 12.2. The maximum Gasteiger partial charge on any atom is 0.165 e. The Morgan fingerprint density at radius 3 is 1.81 bits per heavy atom. The van der Waals surface area contributed by atoms with Crippen molar-refractivity contribution in [2.24, 2.45) is 0 Å². The van der Waals surface area contributed by atoms with E-state index in [1.54, 1.807) is 0 Å². The van der Waals surface area contributed by atoms with E-state index in [2.05, 4.69) is 132 Å². The predicted octanol–water partition coefficient (Wildman–Crippen LogP) is 14.6. The van der Waals surface area contributed by atoms with Crippen molar-refractivity contribution in [1.29, 1.82) is 0 Å². The van der Waals surface area contributed by atoms with Crippen molar-refractivity contribution >= 4 is 107 Å². The van der Waals surface area contributed by atoms with Gasteiger partial charge in [0.15, 0.2) is 17.5 Å². The van der Waals surface area contributed by atoms with Gasteiger partial charge in [0.2, 0.25) is 0 Å². The second-order valence-corrected chi connectivity index (χ2v) is 16.8. The third-order valence-corrected chi connectivity index (χ3v) is 13.8. The molecule has 0 aliphatic carbocycles. The number of rotatable bonds is 4. The lowest BCUT2D eigenvalue weighted by Crippen LogP contribution is -2.01. The average Bonchev–Trinajstić information content (AvgIpc) is 4.05. The first kappa shape index (κ1) is 32.0. The Morgan fingerprint density at radius 1 is 0.414 bits per heavy atom. The minimum atomic E-state index is 0.637. The van der Waals surface area contributed by atoms with Crippen LogP contribution in [0.1, 0.15) is 0 Å². The van der Waals surface area contributed by atoms with Gasteiger partial charge in [-0.1, -0.05) is 115 Å². The van der Waals surface area contributed by atoms with Gasteiger partial charge in [0.1, 0.15) is 11.2 Å². The van der Waals surface area contributed by atoms with E-state index in [0.29, 0.717) is 17.5 Å². The molecule has 0 aliphatic rings. The molecule has 13 aromatic rings. The van der Waals surface area contributed by atoms with Crippen molar-refractivity contribution in [3.8, 4) is 39.9 Å². The highest BCUT2D eigenvalue weighted by atomic mass is 32.1. The van der Waals surface area contributed by atoms with Crippen molar-refractivity contribution < 1.29 is 4.42 Å². The minimum Gasteiger partial charge on any atom is -0.455 e. The fourth-order valence-electron chi connectivity index (χ4n) is 8.91. The molecular weight excluding hydrogens is 749 g/mol. The molecule has 0 fully saturated rings. The monoisotopic (exact) mass is 776 g/mol. The molecule has 5 nitrogen and oxygen atoms in total. The van der Waals surface area contributed by atoms with Gasteiger partial charge in [-0.2, -0.15) is 0 Å². The minimum absolute atomic E-state index is 0.637. The van der Waals surface area contributed by atoms with Crippen LogP contribution in [-0.4, -0.2) is 19.5 Å². The van der Waals surface area contributed by atoms with Gasteiger partial charge in [0.05, 0.1) is 16.4 Å². The van der Waals surface area contributed by atoms with Gasteiger partial charge in [-0.05, 0) is 54.6 Å². The van der Waals surface area contributed by atoms with Crippen molar-refractivity contribution in [3.63, 3.8) is 0 Å². The zero-order chi connectivity index (χ0) is 37.9. The molecule has 0 amide bonds. The van der Waals surface area contributed by atoms with Crippen LogP contribution in [-0.2, 0) is 0 Å². The largest absolute Gasteiger partial charge is 0.455 e. The Morgan fingerprint density at radius 2 is 1.03 bits per heavy atom. The molecule has 13 rings (SSSR count). The van der Waals surface area contributed by atoms with Gasteiger partial charge in [0, 0.05) is 78.9 Å². The molecule has 0 spiro atoms. The summed E-state index contributed by atoms with van der Waals surface area (Å²) in [5, 5.41) is 9.50. The highest BCUT2D eigenvalue weighted by Gasteiger charge is 2.24. The van der Waals surface area contributed by atoms with Crippen LogP contribution in [0.15, 0.2) is 174 Å². The number of aromatic nitrogens is 4. The molecule has 270 valence electrons. The highest BCUT2D eigenvalue weighted by molar-refractivity contribution is 7.28. The van der Waals surface area contributed by atoms with Gasteiger partial charge in [0.25, 0.3) is 0 Å². The van der Waals surface area contributed by atoms with Crippen LogP contribution in [0.3, 0.4) is 0 Å². The van der Waals surface area contributed by atoms with E-state index in [1.807, 2.05) is 65.1 Å². The molecule has 0 unspecified atom stereocenters. The summed E-state index contributed by atoms with van der Waals surface area (Å²) in [6.07, 6.45) is 0. The molecule has 7 heteroatoms. The quantitative estimate of drug-likeness (QED) is 0.179. The van der Waals surface area contributed by atoms with Crippen LogP contribution in [0, 0.1) is 0 Å². The van der Waals surface area contributed by atoms with E-state index in [9.17, 15) is 0 Å². The van der Waals surface area contributed by atoms with Crippen molar-refractivity contribution in [2.75, 3.05) is 0 Å². The average molecular weight is 777 g/mol. The molecule has 5 heterocycles. The van der Waals surface area contributed by atoms with Crippen LogP contribution in [0.4, 0.5) is 0 Å². The number of furan rings is 1. The highest BCUT2D eigenvalue weighted by Crippen LogP contribution is 2.49. The predicted molar refractivity (Wildman–Crippen MR) is 244 cm³/mol. The van der Waals surface area contributed by atoms with Crippen molar-refractivity contribution in [3.05, 3.63) is 170 Å². The molecule has 0 saturated carbocycles.